The topological polar surface area (TPSA) is 97.3 Å². The number of nitrogens with zero attached hydrogens (tertiary/aromatic N) is 1. The largest absolute Gasteiger partial charge is 0.540 e. The first-order chi connectivity index (χ1) is 21.2. The highest BCUT2D eigenvalue weighted by Gasteiger charge is 2.48. The zero-order valence-electron chi connectivity index (χ0n) is 29.6. The fraction of sp³-hybridized carbons (Fsp3) is 0.543. The van der Waals surface area contributed by atoms with Crippen LogP contribution < -0.4 is 14.5 Å². The van der Waals surface area contributed by atoms with Crippen LogP contribution in [-0.2, 0) is 4.43 Å². The lowest BCUT2D eigenvalue weighted by Crippen LogP contribution is -2.50. The maximum absolute atomic E-state index is 14.5. The van der Waals surface area contributed by atoms with Crippen molar-refractivity contribution in [3.05, 3.63) is 59.5 Å². The van der Waals surface area contributed by atoms with Gasteiger partial charge in [-0.3, -0.25) is 10.1 Å². The van der Waals surface area contributed by atoms with Crippen LogP contribution in [0.25, 0.3) is 5.57 Å². The van der Waals surface area contributed by atoms with E-state index < -0.39 is 28.6 Å². The van der Waals surface area contributed by atoms with Crippen LogP contribution in [-0.4, -0.2) is 58.4 Å². The Balaban J connectivity index is 2.14. The van der Waals surface area contributed by atoms with E-state index in [0.717, 1.165) is 11.1 Å². The number of hydrogen-bond acceptors (Lipinski definition) is 5. The molecule has 46 heavy (non-hydrogen) atoms. The van der Waals surface area contributed by atoms with Gasteiger partial charge in [-0.15, -0.1) is 0 Å². The smallest absolute Gasteiger partial charge is 0.409 e. The van der Waals surface area contributed by atoms with Crippen LogP contribution in [0.15, 0.2) is 42.6 Å². The molecule has 1 aliphatic heterocycles. The molecule has 2 aromatic rings. The number of ether oxygens (including phenoxy) is 1. The number of carbonyl (C=O) groups excluding carboxylic acids is 1. The lowest BCUT2D eigenvalue weighted by Gasteiger charge is -2.42. The van der Waals surface area contributed by atoms with Crippen LogP contribution in [0.4, 0.5) is 14.9 Å². The number of carbonyl (C=O) groups is 2. The summed E-state index contributed by atoms with van der Waals surface area (Å²) in [4.78, 5) is 28.1. The van der Waals surface area contributed by atoms with Crippen molar-refractivity contribution >= 4 is 39.9 Å². The third-order valence-electron chi connectivity index (χ3n) is 9.81. The standard InChI is InChI=1S/C35H53FN2O6Si2/c1-22(2)46(23(3)4,24(5)6)44-32-19-30(37-34(40)41)29(18-31(32)42-10)33(39)38-20-26(25-13-15-27(36)16-14-25)17-28(38)21-43-45(11,12)35(7,8)9/h13-16,18-20,22-24,28,37H,17,21H2,1-12H3,(H,40,41). The molecule has 0 bridgehead atoms. The molecular formula is C35H53FN2O6Si2. The van der Waals surface area contributed by atoms with Gasteiger partial charge < -0.3 is 23.6 Å². The Morgan fingerprint density at radius 3 is 2.04 bits per heavy atom. The van der Waals surface area contributed by atoms with E-state index in [-0.39, 0.29) is 44.8 Å². The van der Waals surface area contributed by atoms with Crippen LogP contribution in [0.5, 0.6) is 11.5 Å². The van der Waals surface area contributed by atoms with E-state index in [0.29, 0.717) is 24.5 Å². The quantitative estimate of drug-likeness (QED) is 0.218. The number of benzene rings is 2. The van der Waals surface area contributed by atoms with Gasteiger partial charge in [-0.05, 0) is 70.5 Å². The molecule has 8 nitrogen and oxygen atoms in total. The summed E-state index contributed by atoms with van der Waals surface area (Å²) >= 11 is 0. The summed E-state index contributed by atoms with van der Waals surface area (Å²) in [6.07, 6.45) is 0.967. The second kappa shape index (κ2) is 14.3. The molecule has 0 saturated heterocycles. The maximum Gasteiger partial charge on any atom is 0.409 e. The van der Waals surface area contributed by atoms with Crippen LogP contribution in [0.2, 0.25) is 34.8 Å². The predicted octanol–water partition coefficient (Wildman–Crippen LogP) is 9.76. The molecule has 1 aliphatic rings. The summed E-state index contributed by atoms with van der Waals surface area (Å²) in [6.45, 7) is 24.1. The second-order valence-electron chi connectivity index (χ2n) is 14.7. The van der Waals surface area contributed by atoms with Crippen LogP contribution in [0, 0.1) is 5.82 Å². The monoisotopic (exact) mass is 672 g/mol. The normalized spacial score (nSPS) is 15.9. The van der Waals surface area contributed by atoms with Gasteiger partial charge in [0.15, 0.2) is 14.1 Å². The Morgan fingerprint density at radius 1 is 1.00 bits per heavy atom. The average Bonchev–Trinajstić information content (AvgIpc) is 3.37. The van der Waals surface area contributed by atoms with E-state index in [4.69, 9.17) is 13.6 Å². The molecule has 0 radical (unpaired) electrons. The molecule has 254 valence electrons. The van der Waals surface area contributed by atoms with Gasteiger partial charge in [-0.25, -0.2) is 9.18 Å². The van der Waals surface area contributed by atoms with Gasteiger partial charge in [0.2, 0.25) is 0 Å². The fourth-order valence-electron chi connectivity index (χ4n) is 6.30. The van der Waals surface area contributed by atoms with Crippen molar-refractivity contribution in [2.75, 3.05) is 19.0 Å². The molecule has 2 amide bonds. The molecule has 11 heteroatoms. The molecule has 0 spiro atoms. The fourth-order valence-corrected chi connectivity index (χ4v) is 12.6. The first-order valence-corrected chi connectivity index (χ1v) is 21.1. The summed E-state index contributed by atoms with van der Waals surface area (Å²) in [7, 11) is -3.10. The van der Waals surface area contributed by atoms with Gasteiger partial charge in [-0.2, -0.15) is 0 Å². The zero-order chi connectivity index (χ0) is 34.8. The average molecular weight is 673 g/mol. The molecule has 0 fully saturated rings. The molecular weight excluding hydrogens is 620 g/mol. The third-order valence-corrected chi connectivity index (χ3v) is 20.3. The van der Waals surface area contributed by atoms with Gasteiger partial charge >= 0.3 is 6.09 Å². The number of anilines is 1. The molecule has 2 N–H and O–H groups in total. The molecule has 1 atom stereocenters. The summed E-state index contributed by atoms with van der Waals surface area (Å²) in [6, 6.07) is 8.98. The van der Waals surface area contributed by atoms with Gasteiger partial charge in [0.1, 0.15) is 11.6 Å². The lowest BCUT2D eigenvalue weighted by atomic mass is 10.0. The number of carboxylic acid groups (broad SMARTS) is 1. The number of nitrogens with one attached hydrogen (secondary N) is 1. The minimum absolute atomic E-state index is 0.0318. The van der Waals surface area contributed by atoms with Crippen LogP contribution >= 0.6 is 0 Å². The van der Waals surface area contributed by atoms with Crippen molar-refractivity contribution in [1.82, 2.24) is 4.90 Å². The number of rotatable bonds is 12. The van der Waals surface area contributed by atoms with E-state index in [1.807, 2.05) is 0 Å². The Labute approximate surface area is 276 Å². The highest BCUT2D eigenvalue weighted by atomic mass is 28.4. The van der Waals surface area contributed by atoms with Crippen molar-refractivity contribution in [3.63, 3.8) is 0 Å². The summed E-state index contributed by atoms with van der Waals surface area (Å²) < 4.78 is 33.0. The lowest BCUT2D eigenvalue weighted by molar-refractivity contribution is 0.0738. The predicted molar refractivity (Wildman–Crippen MR) is 188 cm³/mol. The van der Waals surface area contributed by atoms with Crippen LogP contribution in [0.1, 0.15) is 84.7 Å². The summed E-state index contributed by atoms with van der Waals surface area (Å²) in [5, 5.41) is 12.2. The SMILES string of the molecule is COc1cc(C(=O)N2C=C(c3ccc(F)cc3)CC2CO[Si](C)(C)C(C)(C)C)c(NC(=O)O)cc1O[Si](C(C)C)(C(C)C)C(C)C. The Kier molecular flexibility index (Phi) is 11.6. The maximum atomic E-state index is 14.5. The molecule has 3 rings (SSSR count). The van der Waals surface area contributed by atoms with Gasteiger partial charge in [-0.1, -0.05) is 74.4 Å². The van der Waals surface area contributed by atoms with E-state index in [1.165, 1.54) is 19.2 Å². The first-order valence-electron chi connectivity index (χ1n) is 16.1. The molecule has 1 unspecified atom stereocenters. The van der Waals surface area contributed by atoms with Crippen LogP contribution in [0.3, 0.4) is 0 Å². The van der Waals surface area contributed by atoms with E-state index in [9.17, 15) is 19.1 Å². The van der Waals surface area contributed by atoms with E-state index in [1.54, 1.807) is 35.4 Å². The Morgan fingerprint density at radius 2 is 1.57 bits per heavy atom. The molecule has 2 aromatic carbocycles. The van der Waals surface area contributed by atoms with E-state index in [2.05, 4.69) is 80.7 Å². The minimum Gasteiger partial charge on any atom is -0.540 e. The van der Waals surface area contributed by atoms with Crippen molar-refractivity contribution in [2.24, 2.45) is 0 Å². The molecule has 0 saturated carbocycles. The van der Waals surface area contributed by atoms with Crippen molar-refractivity contribution in [1.29, 1.82) is 0 Å². The zero-order valence-corrected chi connectivity index (χ0v) is 31.6. The molecule has 1 heterocycles. The Bertz CT molecular complexity index is 1410. The highest BCUT2D eigenvalue weighted by molar-refractivity contribution is 6.78. The number of amides is 2. The van der Waals surface area contributed by atoms with Gasteiger partial charge in [0, 0.05) is 12.3 Å². The number of hydrogen-bond donors (Lipinski definition) is 2. The van der Waals surface area contributed by atoms with Gasteiger partial charge in [0.25, 0.3) is 14.2 Å². The molecule has 0 aromatic heterocycles. The van der Waals surface area contributed by atoms with Gasteiger partial charge in [0.05, 0.1) is 31.0 Å². The summed E-state index contributed by atoms with van der Waals surface area (Å²) in [5.41, 5.74) is 2.68. The first kappa shape index (κ1) is 37.3. The molecule has 0 aliphatic carbocycles. The summed E-state index contributed by atoms with van der Waals surface area (Å²) in [5.74, 6) is 0.0162. The minimum atomic E-state index is -2.45. The van der Waals surface area contributed by atoms with Crippen molar-refractivity contribution < 1.29 is 32.7 Å². The van der Waals surface area contributed by atoms with Crippen molar-refractivity contribution in [2.45, 2.75) is 110 Å². The number of halogens is 1. The highest BCUT2D eigenvalue weighted by Crippen LogP contribution is 2.46. The second-order valence-corrected chi connectivity index (χ2v) is 24.9. The van der Waals surface area contributed by atoms with E-state index >= 15 is 0 Å². The Hall–Kier alpha value is -3.16. The number of methoxy groups -OCH3 is 1. The third kappa shape index (κ3) is 7.86. The van der Waals surface area contributed by atoms with Crippen molar-refractivity contribution in [3.8, 4) is 11.5 Å².